The predicted octanol–water partition coefficient (Wildman–Crippen LogP) is 2.73. The fraction of sp³-hybridized carbons (Fsp3) is 0.308. The second kappa shape index (κ2) is 5.67. The van der Waals surface area contributed by atoms with Gasteiger partial charge in [-0.25, -0.2) is 9.97 Å². The van der Waals surface area contributed by atoms with E-state index in [1.807, 2.05) is 19.2 Å². The van der Waals surface area contributed by atoms with Gasteiger partial charge >= 0.3 is 0 Å². The van der Waals surface area contributed by atoms with Crippen LogP contribution in [0.2, 0.25) is 0 Å². The van der Waals surface area contributed by atoms with Crippen LogP contribution in [0.25, 0.3) is 0 Å². The van der Waals surface area contributed by atoms with Gasteiger partial charge in [0.2, 0.25) is 0 Å². The second-order valence-corrected chi connectivity index (χ2v) is 5.30. The Morgan fingerprint density at radius 2 is 2.26 bits per heavy atom. The summed E-state index contributed by atoms with van der Waals surface area (Å²) in [5.74, 6) is 0.583. The van der Waals surface area contributed by atoms with E-state index in [0.717, 1.165) is 11.4 Å². The van der Waals surface area contributed by atoms with E-state index in [4.69, 9.17) is 11.0 Å². The van der Waals surface area contributed by atoms with Crippen molar-refractivity contribution < 1.29 is 0 Å². The summed E-state index contributed by atoms with van der Waals surface area (Å²) in [4.78, 5) is 9.80. The number of aromatic nitrogens is 2. The van der Waals surface area contributed by atoms with Crippen molar-refractivity contribution in [3.63, 3.8) is 0 Å². The molecule has 0 amide bonds. The quantitative estimate of drug-likeness (QED) is 0.894. The monoisotopic (exact) mass is 273 g/mol. The van der Waals surface area contributed by atoms with Gasteiger partial charge in [0.05, 0.1) is 17.3 Å². The molecule has 3 N–H and O–H groups in total. The van der Waals surface area contributed by atoms with Crippen molar-refractivity contribution in [2.24, 2.45) is 0 Å². The zero-order chi connectivity index (χ0) is 13.8. The number of pyridine rings is 1. The molecule has 0 aliphatic carbocycles. The molecule has 98 valence electrons. The topological polar surface area (TPSA) is 87.6 Å². The maximum atomic E-state index is 8.77. The summed E-state index contributed by atoms with van der Waals surface area (Å²) in [6.45, 7) is 4.12. The summed E-state index contributed by atoms with van der Waals surface area (Å²) in [7, 11) is 0. The van der Waals surface area contributed by atoms with Crippen molar-refractivity contribution in [2.75, 3.05) is 11.1 Å². The molecule has 0 fully saturated rings. The molecular formula is C13H15N5S. The van der Waals surface area contributed by atoms with Crippen molar-refractivity contribution in [3.8, 4) is 6.07 Å². The summed E-state index contributed by atoms with van der Waals surface area (Å²) in [6, 6.07) is 3.66. The highest BCUT2D eigenvalue weighted by Gasteiger charge is 2.12. The molecule has 2 rings (SSSR count). The van der Waals surface area contributed by atoms with Crippen LogP contribution in [-0.2, 0) is 6.42 Å². The first kappa shape index (κ1) is 13.3. The van der Waals surface area contributed by atoms with E-state index in [0.29, 0.717) is 17.1 Å². The molecule has 2 aromatic rings. The lowest BCUT2D eigenvalue weighted by molar-refractivity contribution is 0.861. The third-order valence-electron chi connectivity index (χ3n) is 2.69. The maximum absolute atomic E-state index is 8.77. The van der Waals surface area contributed by atoms with Gasteiger partial charge in [-0.2, -0.15) is 5.26 Å². The SMILES string of the molecule is CCc1cnc(C(C)Nc2ncc(C#N)cc2N)s1. The molecule has 5 nitrogen and oxygen atoms in total. The molecule has 2 heterocycles. The first-order chi connectivity index (χ1) is 9.13. The first-order valence-corrected chi connectivity index (χ1v) is 6.82. The Balaban J connectivity index is 2.14. The lowest BCUT2D eigenvalue weighted by atomic mass is 10.2. The number of rotatable bonds is 4. The summed E-state index contributed by atoms with van der Waals surface area (Å²) in [5, 5.41) is 13.0. The molecule has 0 spiro atoms. The van der Waals surface area contributed by atoms with Crippen LogP contribution in [0, 0.1) is 11.3 Å². The normalized spacial score (nSPS) is 11.8. The molecule has 0 radical (unpaired) electrons. The Hall–Kier alpha value is -2.13. The fourth-order valence-electron chi connectivity index (χ4n) is 1.62. The van der Waals surface area contributed by atoms with E-state index >= 15 is 0 Å². The third-order valence-corrected chi connectivity index (χ3v) is 4.01. The van der Waals surface area contributed by atoms with Crippen LogP contribution in [0.5, 0.6) is 0 Å². The van der Waals surface area contributed by atoms with Crippen LogP contribution in [0.3, 0.4) is 0 Å². The van der Waals surface area contributed by atoms with Crippen LogP contribution < -0.4 is 11.1 Å². The van der Waals surface area contributed by atoms with Gasteiger partial charge in [0, 0.05) is 17.3 Å². The Labute approximate surface area is 116 Å². The fourth-order valence-corrected chi connectivity index (χ4v) is 2.48. The van der Waals surface area contributed by atoms with Crippen LogP contribution in [-0.4, -0.2) is 9.97 Å². The average Bonchev–Trinajstić information content (AvgIpc) is 2.90. The number of nitrogen functional groups attached to an aromatic ring is 1. The second-order valence-electron chi connectivity index (χ2n) is 4.16. The number of nitrogens with one attached hydrogen (secondary N) is 1. The average molecular weight is 273 g/mol. The van der Waals surface area contributed by atoms with Crippen LogP contribution in [0.1, 0.15) is 35.3 Å². The van der Waals surface area contributed by atoms with Crippen LogP contribution in [0.15, 0.2) is 18.5 Å². The molecule has 0 aliphatic rings. The van der Waals surface area contributed by atoms with Gasteiger partial charge in [-0.05, 0) is 19.4 Å². The number of hydrogen-bond donors (Lipinski definition) is 2. The predicted molar refractivity (Wildman–Crippen MR) is 76.9 cm³/mol. The first-order valence-electron chi connectivity index (χ1n) is 6.00. The largest absolute Gasteiger partial charge is 0.396 e. The lowest BCUT2D eigenvalue weighted by Gasteiger charge is -2.13. The Kier molecular flexibility index (Phi) is 3.97. The molecule has 0 saturated carbocycles. The van der Waals surface area contributed by atoms with Crippen molar-refractivity contribution >= 4 is 22.8 Å². The van der Waals surface area contributed by atoms with Gasteiger partial charge in [-0.15, -0.1) is 11.3 Å². The molecule has 19 heavy (non-hydrogen) atoms. The van der Waals surface area contributed by atoms with Gasteiger partial charge in [0.1, 0.15) is 16.9 Å². The number of nitriles is 1. The Bertz CT molecular complexity index is 614. The maximum Gasteiger partial charge on any atom is 0.149 e. The minimum absolute atomic E-state index is 0.0352. The molecule has 0 saturated heterocycles. The van der Waals surface area contributed by atoms with E-state index in [1.54, 1.807) is 17.4 Å². The summed E-state index contributed by atoms with van der Waals surface area (Å²) >= 11 is 1.68. The van der Waals surface area contributed by atoms with E-state index in [2.05, 4.69) is 22.2 Å². The van der Waals surface area contributed by atoms with Gasteiger partial charge in [0.25, 0.3) is 0 Å². The molecule has 1 atom stereocenters. The number of thiazole rings is 1. The highest BCUT2D eigenvalue weighted by molar-refractivity contribution is 7.11. The molecule has 0 bridgehead atoms. The van der Waals surface area contributed by atoms with Gasteiger partial charge in [0.15, 0.2) is 0 Å². The minimum Gasteiger partial charge on any atom is -0.396 e. The van der Waals surface area contributed by atoms with Crippen molar-refractivity contribution in [1.82, 2.24) is 9.97 Å². The smallest absolute Gasteiger partial charge is 0.149 e. The lowest BCUT2D eigenvalue weighted by Crippen LogP contribution is -2.09. The Morgan fingerprint density at radius 1 is 1.47 bits per heavy atom. The molecule has 1 unspecified atom stereocenters. The molecule has 0 aromatic carbocycles. The number of nitrogens with two attached hydrogens (primary N) is 1. The van der Waals surface area contributed by atoms with Gasteiger partial charge in [-0.3, -0.25) is 0 Å². The zero-order valence-corrected chi connectivity index (χ0v) is 11.7. The minimum atomic E-state index is 0.0352. The van der Waals surface area contributed by atoms with Crippen LogP contribution >= 0.6 is 11.3 Å². The highest BCUT2D eigenvalue weighted by Crippen LogP contribution is 2.25. The van der Waals surface area contributed by atoms with Gasteiger partial charge < -0.3 is 11.1 Å². The number of hydrogen-bond acceptors (Lipinski definition) is 6. The van der Waals surface area contributed by atoms with E-state index < -0.39 is 0 Å². The molecule has 0 aliphatic heterocycles. The van der Waals surface area contributed by atoms with E-state index in [-0.39, 0.29) is 6.04 Å². The van der Waals surface area contributed by atoms with Crippen molar-refractivity contribution in [3.05, 3.63) is 33.9 Å². The number of nitrogens with zero attached hydrogens (tertiary/aromatic N) is 3. The summed E-state index contributed by atoms with van der Waals surface area (Å²) in [6.07, 6.45) is 4.39. The number of aryl methyl sites for hydroxylation is 1. The molecule has 6 heteroatoms. The van der Waals surface area contributed by atoms with Crippen LogP contribution in [0.4, 0.5) is 11.5 Å². The van der Waals surface area contributed by atoms with Gasteiger partial charge in [-0.1, -0.05) is 6.92 Å². The van der Waals surface area contributed by atoms with E-state index in [1.165, 1.54) is 11.1 Å². The Morgan fingerprint density at radius 3 is 2.84 bits per heavy atom. The summed E-state index contributed by atoms with van der Waals surface area (Å²) < 4.78 is 0. The van der Waals surface area contributed by atoms with Crippen molar-refractivity contribution in [1.29, 1.82) is 5.26 Å². The highest BCUT2D eigenvalue weighted by atomic mass is 32.1. The molecular weight excluding hydrogens is 258 g/mol. The number of anilines is 2. The van der Waals surface area contributed by atoms with E-state index in [9.17, 15) is 0 Å². The summed E-state index contributed by atoms with van der Waals surface area (Å²) in [5.41, 5.74) is 6.79. The van der Waals surface area contributed by atoms with Crippen molar-refractivity contribution in [2.45, 2.75) is 26.3 Å². The zero-order valence-electron chi connectivity index (χ0n) is 10.8. The third kappa shape index (κ3) is 3.01. The standard InChI is InChI=1S/C13H15N5S/c1-3-10-7-17-13(19-10)8(2)18-12-11(15)4-9(5-14)6-16-12/h4,6-8H,3,15H2,1-2H3,(H,16,18). The molecule has 2 aromatic heterocycles.